The zero-order valence-corrected chi connectivity index (χ0v) is 11.9. The number of halogens is 1. The molecule has 0 saturated carbocycles. The molecule has 2 rings (SSSR count). The lowest BCUT2D eigenvalue weighted by Gasteiger charge is -2.37. The van der Waals surface area contributed by atoms with Crippen molar-refractivity contribution in [2.45, 2.75) is 19.4 Å². The predicted molar refractivity (Wildman–Crippen MR) is 74.7 cm³/mol. The van der Waals surface area contributed by atoms with E-state index < -0.39 is 0 Å². The largest absolute Gasteiger partial charge is 0.497 e. The van der Waals surface area contributed by atoms with E-state index in [1.165, 1.54) is 5.69 Å². The molecule has 2 unspecified atom stereocenters. The highest BCUT2D eigenvalue weighted by molar-refractivity contribution is 9.10. The van der Waals surface area contributed by atoms with E-state index in [4.69, 9.17) is 10.5 Å². The van der Waals surface area contributed by atoms with Crippen LogP contribution in [0.3, 0.4) is 0 Å². The van der Waals surface area contributed by atoms with Crippen LogP contribution in [0.5, 0.6) is 5.75 Å². The molecule has 2 atom stereocenters. The fraction of sp³-hybridized carbons (Fsp3) is 0.538. The third kappa shape index (κ3) is 2.75. The molecule has 1 aromatic carbocycles. The standard InChI is InChI=1S/C13H19BrN2O/c1-9-8-16(6-5-12(9)15)13-7-10(17-2)3-4-11(13)14/h3-4,7,9,12H,5-6,8,15H2,1-2H3. The van der Waals surface area contributed by atoms with Gasteiger partial charge in [0, 0.05) is 29.7 Å². The number of nitrogens with two attached hydrogens (primary N) is 1. The van der Waals surface area contributed by atoms with Gasteiger partial charge < -0.3 is 15.4 Å². The topological polar surface area (TPSA) is 38.5 Å². The van der Waals surface area contributed by atoms with Crippen molar-refractivity contribution >= 4 is 21.6 Å². The van der Waals surface area contributed by atoms with Gasteiger partial charge in [0.05, 0.1) is 12.8 Å². The van der Waals surface area contributed by atoms with Crippen LogP contribution in [0.1, 0.15) is 13.3 Å². The number of rotatable bonds is 2. The van der Waals surface area contributed by atoms with Gasteiger partial charge in [0.1, 0.15) is 5.75 Å². The van der Waals surface area contributed by atoms with Gasteiger partial charge in [-0.2, -0.15) is 0 Å². The minimum Gasteiger partial charge on any atom is -0.497 e. The zero-order chi connectivity index (χ0) is 12.4. The van der Waals surface area contributed by atoms with Gasteiger partial charge in [0.25, 0.3) is 0 Å². The Bertz CT molecular complexity index is 397. The Balaban J connectivity index is 2.21. The Labute approximate surface area is 111 Å². The molecule has 4 heteroatoms. The Morgan fingerprint density at radius 3 is 2.88 bits per heavy atom. The van der Waals surface area contributed by atoms with Gasteiger partial charge >= 0.3 is 0 Å². The maximum absolute atomic E-state index is 6.05. The molecule has 1 aliphatic rings. The highest BCUT2D eigenvalue weighted by atomic mass is 79.9. The summed E-state index contributed by atoms with van der Waals surface area (Å²) >= 11 is 3.60. The molecule has 94 valence electrons. The maximum Gasteiger partial charge on any atom is 0.121 e. The fourth-order valence-electron chi connectivity index (χ4n) is 2.24. The normalized spacial score (nSPS) is 24.8. The molecule has 17 heavy (non-hydrogen) atoms. The first-order chi connectivity index (χ1) is 8.11. The van der Waals surface area contributed by atoms with Crippen LogP contribution in [0, 0.1) is 5.92 Å². The van der Waals surface area contributed by atoms with Crippen LogP contribution < -0.4 is 15.4 Å². The summed E-state index contributed by atoms with van der Waals surface area (Å²) in [6.07, 6.45) is 1.05. The molecule has 3 nitrogen and oxygen atoms in total. The molecule has 0 spiro atoms. The summed E-state index contributed by atoms with van der Waals surface area (Å²) in [6, 6.07) is 6.41. The van der Waals surface area contributed by atoms with Crippen LogP contribution in [0.4, 0.5) is 5.69 Å². The average Bonchev–Trinajstić information content (AvgIpc) is 2.33. The Morgan fingerprint density at radius 1 is 1.47 bits per heavy atom. The van der Waals surface area contributed by atoms with Crippen molar-refractivity contribution in [2.75, 3.05) is 25.1 Å². The van der Waals surface area contributed by atoms with Crippen molar-refractivity contribution in [3.8, 4) is 5.75 Å². The molecular weight excluding hydrogens is 280 g/mol. The number of hydrogen-bond acceptors (Lipinski definition) is 3. The maximum atomic E-state index is 6.05. The van der Waals surface area contributed by atoms with Crippen molar-refractivity contribution < 1.29 is 4.74 Å². The third-order valence-corrected chi connectivity index (χ3v) is 4.14. The molecule has 0 aromatic heterocycles. The summed E-state index contributed by atoms with van der Waals surface area (Å²) in [6.45, 7) is 4.23. The van der Waals surface area contributed by atoms with E-state index in [2.05, 4.69) is 33.8 Å². The van der Waals surface area contributed by atoms with Crippen LogP contribution >= 0.6 is 15.9 Å². The number of anilines is 1. The summed E-state index contributed by atoms with van der Waals surface area (Å²) in [5, 5.41) is 0. The first-order valence-electron chi connectivity index (χ1n) is 5.96. The van der Waals surface area contributed by atoms with Crippen LogP contribution in [0.15, 0.2) is 22.7 Å². The Morgan fingerprint density at radius 2 is 2.24 bits per heavy atom. The zero-order valence-electron chi connectivity index (χ0n) is 10.3. The highest BCUT2D eigenvalue weighted by Crippen LogP contribution is 2.32. The number of methoxy groups -OCH3 is 1. The molecule has 2 N–H and O–H groups in total. The van der Waals surface area contributed by atoms with E-state index >= 15 is 0 Å². The molecule has 1 aliphatic heterocycles. The van der Waals surface area contributed by atoms with Crippen molar-refractivity contribution in [2.24, 2.45) is 11.7 Å². The van der Waals surface area contributed by atoms with Gasteiger partial charge in [-0.25, -0.2) is 0 Å². The van der Waals surface area contributed by atoms with Crippen molar-refractivity contribution in [1.29, 1.82) is 0 Å². The molecule has 0 radical (unpaired) electrons. The summed E-state index contributed by atoms with van der Waals surface area (Å²) in [7, 11) is 1.70. The average molecular weight is 299 g/mol. The first-order valence-corrected chi connectivity index (χ1v) is 6.75. The number of piperidine rings is 1. The Kier molecular flexibility index (Phi) is 3.94. The lowest BCUT2D eigenvalue weighted by Crippen LogP contribution is -2.46. The van der Waals surface area contributed by atoms with Crippen LogP contribution in [-0.4, -0.2) is 26.2 Å². The minimum atomic E-state index is 0.329. The SMILES string of the molecule is COc1ccc(Br)c(N2CCC(N)C(C)C2)c1. The van der Waals surface area contributed by atoms with E-state index in [0.717, 1.165) is 29.7 Å². The Hall–Kier alpha value is -0.740. The molecule has 1 saturated heterocycles. The van der Waals surface area contributed by atoms with Gasteiger partial charge in [-0.05, 0) is 40.4 Å². The molecule has 1 heterocycles. The summed E-state index contributed by atoms with van der Waals surface area (Å²) in [5.41, 5.74) is 7.25. The highest BCUT2D eigenvalue weighted by Gasteiger charge is 2.24. The van der Waals surface area contributed by atoms with Gasteiger partial charge in [-0.15, -0.1) is 0 Å². The van der Waals surface area contributed by atoms with Gasteiger partial charge in [-0.3, -0.25) is 0 Å². The van der Waals surface area contributed by atoms with Crippen LogP contribution in [0.25, 0.3) is 0 Å². The predicted octanol–water partition coefficient (Wildman–Crippen LogP) is 2.63. The summed E-state index contributed by atoms with van der Waals surface area (Å²) < 4.78 is 6.39. The van der Waals surface area contributed by atoms with Crippen molar-refractivity contribution in [3.05, 3.63) is 22.7 Å². The van der Waals surface area contributed by atoms with E-state index in [9.17, 15) is 0 Å². The molecule has 1 aromatic rings. The van der Waals surface area contributed by atoms with E-state index in [0.29, 0.717) is 12.0 Å². The van der Waals surface area contributed by atoms with Gasteiger partial charge in [0.2, 0.25) is 0 Å². The van der Waals surface area contributed by atoms with Gasteiger partial charge in [-0.1, -0.05) is 6.92 Å². The molecule has 0 aliphatic carbocycles. The van der Waals surface area contributed by atoms with E-state index in [1.54, 1.807) is 7.11 Å². The van der Waals surface area contributed by atoms with Gasteiger partial charge in [0.15, 0.2) is 0 Å². The number of ether oxygens (including phenoxy) is 1. The smallest absolute Gasteiger partial charge is 0.121 e. The first kappa shape index (κ1) is 12.7. The molecule has 0 bridgehead atoms. The van der Waals surface area contributed by atoms with Crippen LogP contribution in [-0.2, 0) is 0 Å². The van der Waals surface area contributed by atoms with Crippen molar-refractivity contribution in [1.82, 2.24) is 0 Å². The summed E-state index contributed by atoms with van der Waals surface area (Å²) in [5.74, 6) is 1.42. The van der Waals surface area contributed by atoms with E-state index in [1.807, 2.05) is 12.1 Å². The second-order valence-corrected chi connectivity index (χ2v) is 5.55. The molecular formula is C13H19BrN2O. The monoisotopic (exact) mass is 298 g/mol. The quantitative estimate of drug-likeness (QED) is 0.912. The number of benzene rings is 1. The lowest BCUT2D eigenvalue weighted by atomic mass is 9.94. The van der Waals surface area contributed by atoms with E-state index in [-0.39, 0.29) is 0 Å². The fourth-order valence-corrected chi connectivity index (χ4v) is 2.74. The second kappa shape index (κ2) is 5.27. The number of hydrogen-bond donors (Lipinski definition) is 1. The third-order valence-electron chi connectivity index (χ3n) is 3.47. The minimum absolute atomic E-state index is 0.329. The number of nitrogens with zero attached hydrogens (tertiary/aromatic N) is 1. The molecule has 0 amide bonds. The second-order valence-electron chi connectivity index (χ2n) is 4.69. The molecule has 1 fully saturated rings. The summed E-state index contributed by atoms with van der Waals surface area (Å²) in [4.78, 5) is 2.38. The lowest BCUT2D eigenvalue weighted by molar-refractivity contribution is 0.381. The van der Waals surface area contributed by atoms with Crippen LogP contribution in [0.2, 0.25) is 0 Å². The van der Waals surface area contributed by atoms with Crippen molar-refractivity contribution in [3.63, 3.8) is 0 Å².